The Labute approximate surface area is 128 Å². The summed E-state index contributed by atoms with van der Waals surface area (Å²) >= 11 is 0. The van der Waals surface area contributed by atoms with Crippen molar-refractivity contribution in [1.29, 1.82) is 0 Å². The van der Waals surface area contributed by atoms with E-state index in [2.05, 4.69) is 23.9 Å². The van der Waals surface area contributed by atoms with Gasteiger partial charge in [-0.2, -0.15) is 0 Å². The maximum absolute atomic E-state index is 12.3. The second-order valence-corrected chi connectivity index (χ2v) is 7.77. The number of sulfonamides is 1. The lowest BCUT2D eigenvalue weighted by atomic mass is 9.96. The van der Waals surface area contributed by atoms with Crippen LogP contribution in [0.3, 0.4) is 0 Å². The Bertz CT molecular complexity index is 532. The van der Waals surface area contributed by atoms with Crippen molar-refractivity contribution in [1.82, 2.24) is 10.0 Å². The zero-order valence-corrected chi connectivity index (χ0v) is 13.7. The second-order valence-electron chi connectivity index (χ2n) is 6.00. The standard InChI is InChI=1S/C16H26N2O2S/c1-3-4-14-7-9-16(10-8-14)21(19,20)18-12-15-6-5-13(2)17-11-15/h7-10,13,15,17-18H,3-6,11-12H2,1-2H3. The topological polar surface area (TPSA) is 58.2 Å². The van der Waals surface area contributed by atoms with Gasteiger partial charge in [0.05, 0.1) is 4.90 Å². The van der Waals surface area contributed by atoms with Crippen molar-refractivity contribution in [3.05, 3.63) is 29.8 Å². The number of nitrogens with one attached hydrogen (secondary N) is 2. The molecule has 0 amide bonds. The number of hydrogen-bond donors (Lipinski definition) is 2. The molecule has 1 heterocycles. The van der Waals surface area contributed by atoms with Crippen molar-refractivity contribution >= 4 is 10.0 Å². The van der Waals surface area contributed by atoms with Crippen LogP contribution in [0.4, 0.5) is 0 Å². The molecule has 2 N–H and O–H groups in total. The summed E-state index contributed by atoms with van der Waals surface area (Å²) in [5.74, 6) is 0.385. The minimum Gasteiger partial charge on any atom is -0.314 e. The molecule has 1 aromatic rings. The van der Waals surface area contributed by atoms with Gasteiger partial charge in [-0.25, -0.2) is 13.1 Å². The van der Waals surface area contributed by atoms with E-state index < -0.39 is 10.0 Å². The molecule has 0 radical (unpaired) electrons. The highest BCUT2D eigenvalue weighted by atomic mass is 32.2. The Morgan fingerprint density at radius 3 is 2.52 bits per heavy atom. The molecule has 5 heteroatoms. The van der Waals surface area contributed by atoms with Crippen molar-refractivity contribution < 1.29 is 8.42 Å². The third-order valence-corrected chi connectivity index (χ3v) is 5.54. The van der Waals surface area contributed by atoms with E-state index in [-0.39, 0.29) is 0 Å². The summed E-state index contributed by atoms with van der Waals surface area (Å²) in [6.45, 7) is 5.68. The summed E-state index contributed by atoms with van der Waals surface area (Å²) in [5, 5.41) is 3.39. The fourth-order valence-corrected chi connectivity index (χ4v) is 3.78. The molecule has 0 aromatic heterocycles. The van der Waals surface area contributed by atoms with E-state index in [0.717, 1.165) is 32.2 Å². The average Bonchev–Trinajstić information content (AvgIpc) is 2.48. The van der Waals surface area contributed by atoms with Crippen LogP contribution in [0, 0.1) is 5.92 Å². The lowest BCUT2D eigenvalue weighted by Crippen LogP contribution is -2.41. The molecule has 1 saturated heterocycles. The van der Waals surface area contributed by atoms with Crippen LogP contribution < -0.4 is 10.0 Å². The minimum atomic E-state index is -3.38. The lowest BCUT2D eigenvalue weighted by Gasteiger charge is -2.27. The number of benzene rings is 1. The van der Waals surface area contributed by atoms with Crippen LogP contribution in [0.25, 0.3) is 0 Å². The quantitative estimate of drug-likeness (QED) is 0.847. The van der Waals surface area contributed by atoms with Gasteiger partial charge in [0, 0.05) is 12.6 Å². The maximum Gasteiger partial charge on any atom is 0.240 e. The predicted molar refractivity (Wildman–Crippen MR) is 85.8 cm³/mol. The molecule has 0 saturated carbocycles. The van der Waals surface area contributed by atoms with E-state index in [1.807, 2.05) is 12.1 Å². The lowest BCUT2D eigenvalue weighted by molar-refractivity contribution is 0.323. The summed E-state index contributed by atoms with van der Waals surface area (Å²) in [4.78, 5) is 0.361. The number of hydrogen-bond acceptors (Lipinski definition) is 3. The van der Waals surface area contributed by atoms with Gasteiger partial charge in [0.2, 0.25) is 10.0 Å². The van der Waals surface area contributed by atoms with E-state index in [9.17, 15) is 8.42 Å². The molecule has 1 aliphatic rings. The third-order valence-electron chi connectivity index (χ3n) is 4.10. The maximum atomic E-state index is 12.3. The fourth-order valence-electron chi connectivity index (χ4n) is 2.67. The van der Waals surface area contributed by atoms with E-state index in [1.165, 1.54) is 5.56 Å². The van der Waals surface area contributed by atoms with Crippen molar-refractivity contribution in [3.8, 4) is 0 Å². The Kier molecular flexibility index (Phi) is 5.79. The van der Waals surface area contributed by atoms with E-state index in [0.29, 0.717) is 23.4 Å². The van der Waals surface area contributed by atoms with Gasteiger partial charge in [-0.3, -0.25) is 0 Å². The van der Waals surface area contributed by atoms with Gasteiger partial charge in [0.25, 0.3) is 0 Å². The first-order valence-electron chi connectivity index (χ1n) is 7.83. The van der Waals surface area contributed by atoms with Gasteiger partial charge in [-0.05, 0) is 56.3 Å². The van der Waals surface area contributed by atoms with Crippen LogP contribution in [-0.4, -0.2) is 27.5 Å². The van der Waals surface area contributed by atoms with Gasteiger partial charge >= 0.3 is 0 Å². The predicted octanol–water partition coefficient (Wildman–Crippen LogP) is 2.31. The van der Waals surface area contributed by atoms with Crippen LogP contribution in [-0.2, 0) is 16.4 Å². The highest BCUT2D eigenvalue weighted by Gasteiger charge is 2.20. The molecule has 4 nitrogen and oxygen atoms in total. The van der Waals surface area contributed by atoms with Crippen LogP contribution >= 0.6 is 0 Å². The average molecular weight is 310 g/mol. The van der Waals surface area contributed by atoms with Crippen LogP contribution in [0.5, 0.6) is 0 Å². The molecule has 1 aliphatic heterocycles. The Hall–Kier alpha value is -0.910. The molecule has 21 heavy (non-hydrogen) atoms. The van der Waals surface area contributed by atoms with Gasteiger partial charge in [0.1, 0.15) is 0 Å². The molecular formula is C16H26N2O2S. The van der Waals surface area contributed by atoms with Crippen LogP contribution in [0.15, 0.2) is 29.2 Å². The first kappa shape index (κ1) is 16.5. The molecule has 2 atom stereocenters. The van der Waals surface area contributed by atoms with E-state index in [1.54, 1.807) is 12.1 Å². The molecule has 0 spiro atoms. The Morgan fingerprint density at radius 2 is 1.95 bits per heavy atom. The van der Waals surface area contributed by atoms with Gasteiger partial charge in [-0.15, -0.1) is 0 Å². The number of rotatable bonds is 6. The van der Waals surface area contributed by atoms with Gasteiger partial charge in [0.15, 0.2) is 0 Å². The number of aryl methyl sites for hydroxylation is 1. The summed E-state index contributed by atoms with van der Waals surface area (Å²) < 4.78 is 27.3. The summed E-state index contributed by atoms with van der Waals surface area (Å²) in [6.07, 6.45) is 4.24. The molecule has 1 aromatic carbocycles. The van der Waals surface area contributed by atoms with Crippen LogP contribution in [0.1, 0.15) is 38.7 Å². The fraction of sp³-hybridized carbons (Fsp3) is 0.625. The Balaban J connectivity index is 1.91. The second kappa shape index (κ2) is 7.38. The van der Waals surface area contributed by atoms with Gasteiger partial charge in [-0.1, -0.05) is 25.5 Å². The molecular weight excluding hydrogens is 284 g/mol. The number of piperidine rings is 1. The van der Waals surface area contributed by atoms with E-state index >= 15 is 0 Å². The van der Waals surface area contributed by atoms with Crippen molar-refractivity contribution in [2.75, 3.05) is 13.1 Å². The SMILES string of the molecule is CCCc1ccc(S(=O)(=O)NCC2CCC(C)NC2)cc1. The zero-order chi connectivity index (χ0) is 15.3. The largest absolute Gasteiger partial charge is 0.314 e. The molecule has 0 bridgehead atoms. The van der Waals surface area contributed by atoms with Crippen LogP contribution in [0.2, 0.25) is 0 Å². The Morgan fingerprint density at radius 1 is 1.24 bits per heavy atom. The van der Waals surface area contributed by atoms with Gasteiger partial charge < -0.3 is 5.32 Å². The molecule has 1 fully saturated rings. The molecule has 2 unspecified atom stereocenters. The first-order valence-corrected chi connectivity index (χ1v) is 9.31. The smallest absolute Gasteiger partial charge is 0.240 e. The monoisotopic (exact) mass is 310 g/mol. The van der Waals surface area contributed by atoms with Crippen molar-refractivity contribution in [2.45, 2.75) is 50.5 Å². The minimum absolute atomic E-state index is 0.361. The summed E-state index contributed by atoms with van der Waals surface area (Å²) in [5.41, 5.74) is 1.18. The highest BCUT2D eigenvalue weighted by Crippen LogP contribution is 2.15. The highest BCUT2D eigenvalue weighted by molar-refractivity contribution is 7.89. The normalized spacial score (nSPS) is 23.1. The molecule has 118 valence electrons. The summed E-state index contributed by atoms with van der Waals surface area (Å²) in [6, 6.07) is 7.76. The zero-order valence-electron chi connectivity index (χ0n) is 12.9. The third kappa shape index (κ3) is 4.80. The summed E-state index contributed by atoms with van der Waals surface area (Å²) in [7, 11) is -3.38. The van der Waals surface area contributed by atoms with E-state index in [4.69, 9.17) is 0 Å². The van der Waals surface area contributed by atoms with Crippen molar-refractivity contribution in [3.63, 3.8) is 0 Å². The molecule has 0 aliphatic carbocycles. The van der Waals surface area contributed by atoms with Crippen molar-refractivity contribution in [2.24, 2.45) is 5.92 Å². The molecule has 2 rings (SSSR count). The first-order chi connectivity index (χ1) is 10.0.